The molecule has 0 spiro atoms. The predicted molar refractivity (Wildman–Crippen MR) is 84.0 cm³/mol. The maximum atomic E-state index is 5.79. The summed E-state index contributed by atoms with van der Waals surface area (Å²) in [6, 6.07) is 9.89. The van der Waals surface area contributed by atoms with Crippen LogP contribution in [0.4, 0.5) is 0 Å². The number of hydrogen-bond donors (Lipinski definition) is 1. The van der Waals surface area contributed by atoms with Crippen molar-refractivity contribution in [1.82, 2.24) is 4.98 Å². The standard InChI is InChI=1S/C17H22N2O2/c1-4-13-5-7-15(16(10-13)20-3)21-17-8-6-14(11-19-17)9-12(2)18/h5-8,10-12H,4,9,18H2,1-3H3. The number of nitrogens with zero attached hydrogens (tertiary/aromatic N) is 1. The minimum absolute atomic E-state index is 0.125. The third kappa shape index (κ3) is 4.20. The molecule has 2 rings (SSSR count). The smallest absolute Gasteiger partial charge is 0.219 e. The van der Waals surface area contributed by atoms with E-state index >= 15 is 0 Å². The summed E-state index contributed by atoms with van der Waals surface area (Å²) in [6.45, 7) is 4.08. The highest BCUT2D eigenvalue weighted by Gasteiger charge is 2.07. The molecule has 0 aliphatic heterocycles. The highest BCUT2D eigenvalue weighted by atomic mass is 16.5. The van der Waals surface area contributed by atoms with Gasteiger partial charge in [0.2, 0.25) is 5.88 Å². The molecule has 1 unspecified atom stereocenters. The summed E-state index contributed by atoms with van der Waals surface area (Å²) in [5, 5.41) is 0. The zero-order chi connectivity index (χ0) is 15.2. The zero-order valence-electron chi connectivity index (χ0n) is 12.8. The number of rotatable bonds is 6. The molecule has 4 nitrogen and oxygen atoms in total. The van der Waals surface area contributed by atoms with Crippen LogP contribution in [0.1, 0.15) is 25.0 Å². The molecule has 0 radical (unpaired) electrons. The summed E-state index contributed by atoms with van der Waals surface area (Å²) in [4.78, 5) is 4.31. The molecule has 112 valence electrons. The van der Waals surface area contributed by atoms with Crippen LogP contribution in [-0.4, -0.2) is 18.1 Å². The van der Waals surface area contributed by atoms with E-state index in [1.54, 1.807) is 13.3 Å². The van der Waals surface area contributed by atoms with Gasteiger partial charge in [-0.15, -0.1) is 0 Å². The number of methoxy groups -OCH3 is 1. The second-order valence-electron chi connectivity index (χ2n) is 5.13. The van der Waals surface area contributed by atoms with Gasteiger partial charge in [-0.3, -0.25) is 0 Å². The largest absolute Gasteiger partial charge is 0.493 e. The molecular weight excluding hydrogens is 264 g/mol. The van der Waals surface area contributed by atoms with Gasteiger partial charge in [0.1, 0.15) is 0 Å². The van der Waals surface area contributed by atoms with E-state index in [1.807, 2.05) is 37.3 Å². The molecule has 0 aliphatic rings. The summed E-state index contributed by atoms with van der Waals surface area (Å²) in [5.41, 5.74) is 8.09. The number of nitrogens with two attached hydrogens (primary N) is 1. The Bertz CT molecular complexity index is 580. The van der Waals surface area contributed by atoms with E-state index in [4.69, 9.17) is 15.2 Å². The van der Waals surface area contributed by atoms with Gasteiger partial charge in [-0.2, -0.15) is 0 Å². The fraction of sp³-hybridized carbons (Fsp3) is 0.353. The number of aryl methyl sites for hydroxylation is 1. The Morgan fingerprint density at radius 3 is 2.48 bits per heavy atom. The van der Waals surface area contributed by atoms with E-state index in [0.717, 1.165) is 24.2 Å². The Morgan fingerprint density at radius 2 is 1.90 bits per heavy atom. The third-order valence-electron chi connectivity index (χ3n) is 3.21. The zero-order valence-corrected chi connectivity index (χ0v) is 12.8. The van der Waals surface area contributed by atoms with Crippen molar-refractivity contribution < 1.29 is 9.47 Å². The van der Waals surface area contributed by atoms with Crippen LogP contribution in [0.5, 0.6) is 17.4 Å². The Hall–Kier alpha value is -2.07. The quantitative estimate of drug-likeness (QED) is 0.885. The normalized spacial score (nSPS) is 12.0. The van der Waals surface area contributed by atoms with Crippen LogP contribution in [0.25, 0.3) is 0 Å². The van der Waals surface area contributed by atoms with Gasteiger partial charge >= 0.3 is 0 Å². The molecule has 1 aromatic heterocycles. The average molecular weight is 286 g/mol. The van der Waals surface area contributed by atoms with Crippen molar-refractivity contribution in [3.8, 4) is 17.4 Å². The lowest BCUT2D eigenvalue weighted by molar-refractivity contribution is 0.373. The lowest BCUT2D eigenvalue weighted by Gasteiger charge is -2.11. The first kappa shape index (κ1) is 15.3. The fourth-order valence-corrected chi connectivity index (χ4v) is 2.09. The number of pyridine rings is 1. The molecule has 0 saturated carbocycles. The van der Waals surface area contributed by atoms with E-state index < -0.39 is 0 Å². The second kappa shape index (κ2) is 7.09. The molecule has 1 heterocycles. The number of aromatic nitrogens is 1. The van der Waals surface area contributed by atoms with Crippen LogP contribution in [0.15, 0.2) is 36.5 Å². The van der Waals surface area contributed by atoms with Gasteiger partial charge < -0.3 is 15.2 Å². The highest BCUT2D eigenvalue weighted by molar-refractivity contribution is 5.44. The van der Waals surface area contributed by atoms with Gasteiger partial charge in [-0.1, -0.05) is 19.1 Å². The summed E-state index contributed by atoms with van der Waals surface area (Å²) < 4.78 is 11.2. The lowest BCUT2D eigenvalue weighted by Crippen LogP contribution is -2.17. The molecular formula is C17H22N2O2. The van der Waals surface area contributed by atoms with Crippen molar-refractivity contribution >= 4 is 0 Å². The summed E-state index contributed by atoms with van der Waals surface area (Å²) in [7, 11) is 1.64. The molecule has 2 aromatic rings. The lowest BCUT2D eigenvalue weighted by atomic mass is 10.1. The van der Waals surface area contributed by atoms with E-state index in [-0.39, 0.29) is 6.04 Å². The molecule has 2 N–H and O–H groups in total. The van der Waals surface area contributed by atoms with Gasteiger partial charge in [0.25, 0.3) is 0 Å². The molecule has 1 atom stereocenters. The maximum Gasteiger partial charge on any atom is 0.219 e. The van der Waals surface area contributed by atoms with Crippen molar-refractivity contribution in [2.24, 2.45) is 5.73 Å². The number of ether oxygens (including phenoxy) is 2. The molecule has 1 aromatic carbocycles. The van der Waals surface area contributed by atoms with Crippen molar-refractivity contribution in [3.05, 3.63) is 47.7 Å². The van der Waals surface area contributed by atoms with E-state index in [1.165, 1.54) is 5.56 Å². The fourth-order valence-electron chi connectivity index (χ4n) is 2.09. The number of hydrogen-bond acceptors (Lipinski definition) is 4. The van der Waals surface area contributed by atoms with Crippen LogP contribution in [0.3, 0.4) is 0 Å². The van der Waals surface area contributed by atoms with Crippen molar-refractivity contribution in [2.75, 3.05) is 7.11 Å². The van der Waals surface area contributed by atoms with Crippen molar-refractivity contribution in [2.45, 2.75) is 32.7 Å². The van der Waals surface area contributed by atoms with E-state index in [0.29, 0.717) is 11.6 Å². The monoisotopic (exact) mass is 286 g/mol. The van der Waals surface area contributed by atoms with Gasteiger partial charge in [-0.05, 0) is 43.0 Å². The topological polar surface area (TPSA) is 57.4 Å². The Labute approximate surface area is 125 Å². The first-order valence-corrected chi connectivity index (χ1v) is 7.17. The Balaban J connectivity index is 2.14. The van der Waals surface area contributed by atoms with E-state index in [9.17, 15) is 0 Å². The van der Waals surface area contributed by atoms with Crippen LogP contribution < -0.4 is 15.2 Å². The first-order chi connectivity index (χ1) is 10.1. The van der Waals surface area contributed by atoms with E-state index in [2.05, 4.69) is 11.9 Å². The summed E-state index contributed by atoms with van der Waals surface area (Å²) >= 11 is 0. The minimum Gasteiger partial charge on any atom is -0.493 e. The summed E-state index contributed by atoms with van der Waals surface area (Å²) in [5.74, 6) is 1.93. The third-order valence-corrected chi connectivity index (χ3v) is 3.21. The molecule has 0 bridgehead atoms. The highest BCUT2D eigenvalue weighted by Crippen LogP contribution is 2.31. The Kier molecular flexibility index (Phi) is 5.17. The SMILES string of the molecule is CCc1ccc(Oc2ccc(CC(C)N)cn2)c(OC)c1. The van der Waals surface area contributed by atoms with Crippen LogP contribution in [-0.2, 0) is 12.8 Å². The molecule has 0 fully saturated rings. The average Bonchev–Trinajstić information content (AvgIpc) is 2.49. The first-order valence-electron chi connectivity index (χ1n) is 7.17. The summed E-state index contributed by atoms with van der Waals surface area (Å²) in [6.07, 6.45) is 3.56. The van der Waals surface area contributed by atoms with Crippen LogP contribution >= 0.6 is 0 Å². The molecule has 0 saturated heterocycles. The van der Waals surface area contributed by atoms with Gasteiger partial charge in [0, 0.05) is 18.3 Å². The molecule has 21 heavy (non-hydrogen) atoms. The molecule has 0 amide bonds. The molecule has 0 aliphatic carbocycles. The second-order valence-corrected chi connectivity index (χ2v) is 5.13. The van der Waals surface area contributed by atoms with Crippen molar-refractivity contribution in [1.29, 1.82) is 0 Å². The molecule has 4 heteroatoms. The van der Waals surface area contributed by atoms with Crippen LogP contribution in [0, 0.1) is 0 Å². The van der Waals surface area contributed by atoms with Gasteiger partial charge in [-0.25, -0.2) is 4.98 Å². The van der Waals surface area contributed by atoms with Crippen molar-refractivity contribution in [3.63, 3.8) is 0 Å². The Morgan fingerprint density at radius 1 is 1.14 bits per heavy atom. The minimum atomic E-state index is 0.125. The maximum absolute atomic E-state index is 5.79. The predicted octanol–water partition coefficient (Wildman–Crippen LogP) is 3.33. The van der Waals surface area contributed by atoms with Gasteiger partial charge in [0.15, 0.2) is 11.5 Å². The van der Waals surface area contributed by atoms with Crippen LogP contribution in [0.2, 0.25) is 0 Å². The number of benzene rings is 1. The van der Waals surface area contributed by atoms with Gasteiger partial charge in [0.05, 0.1) is 7.11 Å².